The minimum absolute atomic E-state index is 0.0720. The number of benzene rings is 1. The van der Waals surface area contributed by atoms with Gasteiger partial charge in [0.2, 0.25) is 0 Å². The number of para-hydroxylation sites is 1. The lowest BCUT2D eigenvalue weighted by molar-refractivity contribution is -0.155. The molecule has 20 heavy (non-hydrogen) atoms. The first-order valence-corrected chi connectivity index (χ1v) is 6.77. The number of rotatable bonds is 6. The van der Waals surface area contributed by atoms with Crippen LogP contribution in [0, 0.1) is 5.41 Å². The zero-order chi connectivity index (χ0) is 14.6. The Balaban J connectivity index is 2.14. The van der Waals surface area contributed by atoms with Gasteiger partial charge in [-0.3, -0.25) is 4.79 Å². The third kappa shape index (κ3) is 3.11. The Bertz CT molecular complexity index is 473. The topological polar surface area (TPSA) is 76.0 Å². The second-order valence-electron chi connectivity index (χ2n) is 5.18. The summed E-state index contributed by atoms with van der Waals surface area (Å²) in [6, 6.07) is 7.41. The molecule has 1 aliphatic heterocycles. The fraction of sp³-hybridized carbons (Fsp3) is 0.533. The minimum Gasteiger partial charge on any atom is -0.492 e. The van der Waals surface area contributed by atoms with E-state index in [4.69, 9.17) is 9.47 Å². The van der Waals surface area contributed by atoms with Crippen LogP contribution in [0.1, 0.15) is 18.9 Å². The quantitative estimate of drug-likeness (QED) is 0.825. The maximum absolute atomic E-state index is 11.7. The second kappa shape index (κ2) is 6.24. The molecule has 2 rings (SSSR count). The van der Waals surface area contributed by atoms with Crippen molar-refractivity contribution in [3.05, 3.63) is 29.8 Å². The highest BCUT2D eigenvalue weighted by atomic mass is 16.5. The van der Waals surface area contributed by atoms with Crippen molar-refractivity contribution in [1.29, 1.82) is 0 Å². The Hall–Kier alpha value is -1.59. The van der Waals surface area contributed by atoms with Gasteiger partial charge in [0.05, 0.1) is 12.7 Å². The van der Waals surface area contributed by atoms with Gasteiger partial charge in [0.15, 0.2) is 0 Å². The Morgan fingerprint density at radius 2 is 2.25 bits per heavy atom. The van der Waals surface area contributed by atoms with Crippen LogP contribution in [-0.4, -0.2) is 42.1 Å². The number of aliphatic hydroxyl groups excluding tert-OH is 1. The van der Waals surface area contributed by atoms with E-state index < -0.39 is 17.5 Å². The van der Waals surface area contributed by atoms with Crippen molar-refractivity contribution in [1.82, 2.24) is 0 Å². The number of hydrogen-bond acceptors (Lipinski definition) is 4. The van der Waals surface area contributed by atoms with E-state index in [0.717, 1.165) is 11.3 Å². The molecule has 0 saturated carbocycles. The van der Waals surface area contributed by atoms with Crippen molar-refractivity contribution in [2.24, 2.45) is 5.41 Å². The van der Waals surface area contributed by atoms with Gasteiger partial charge in [-0.1, -0.05) is 18.2 Å². The second-order valence-corrected chi connectivity index (χ2v) is 5.18. The van der Waals surface area contributed by atoms with E-state index in [-0.39, 0.29) is 19.6 Å². The van der Waals surface area contributed by atoms with Gasteiger partial charge in [0.25, 0.3) is 0 Å². The molecule has 5 nitrogen and oxygen atoms in total. The first kappa shape index (κ1) is 14.8. The van der Waals surface area contributed by atoms with E-state index in [1.54, 1.807) is 0 Å². The summed E-state index contributed by atoms with van der Waals surface area (Å²) in [5.41, 5.74) is -0.227. The average Bonchev–Trinajstić information content (AvgIpc) is 2.44. The maximum Gasteiger partial charge on any atom is 0.313 e. The molecule has 0 saturated heterocycles. The van der Waals surface area contributed by atoms with Crippen molar-refractivity contribution in [3.63, 3.8) is 0 Å². The third-order valence-corrected chi connectivity index (χ3v) is 3.60. The normalized spacial score (nSPS) is 22.7. The van der Waals surface area contributed by atoms with E-state index in [9.17, 15) is 15.0 Å². The predicted octanol–water partition coefficient (Wildman–Crippen LogP) is 1.48. The zero-order valence-electron chi connectivity index (χ0n) is 11.5. The molecule has 1 heterocycles. The van der Waals surface area contributed by atoms with Crippen molar-refractivity contribution in [2.45, 2.75) is 25.9 Å². The van der Waals surface area contributed by atoms with Gasteiger partial charge in [-0.2, -0.15) is 0 Å². The molecule has 0 fully saturated rings. The molecule has 2 unspecified atom stereocenters. The van der Waals surface area contributed by atoms with E-state index in [2.05, 4.69) is 0 Å². The fourth-order valence-electron chi connectivity index (χ4n) is 2.54. The third-order valence-electron chi connectivity index (χ3n) is 3.60. The molecule has 110 valence electrons. The number of aliphatic hydroxyl groups is 1. The van der Waals surface area contributed by atoms with Crippen LogP contribution in [0.4, 0.5) is 0 Å². The number of hydrogen-bond donors (Lipinski definition) is 2. The van der Waals surface area contributed by atoms with E-state index in [1.807, 2.05) is 31.2 Å². The number of ether oxygens (including phenoxy) is 2. The summed E-state index contributed by atoms with van der Waals surface area (Å²) in [7, 11) is 0. The molecule has 0 radical (unpaired) electrons. The molecule has 2 atom stereocenters. The van der Waals surface area contributed by atoms with Crippen molar-refractivity contribution in [3.8, 4) is 5.75 Å². The summed E-state index contributed by atoms with van der Waals surface area (Å²) in [5, 5.41) is 19.5. The molecular formula is C15H20O5. The molecule has 0 bridgehead atoms. The van der Waals surface area contributed by atoms with Crippen LogP contribution in [-0.2, 0) is 16.0 Å². The summed E-state index contributed by atoms with van der Waals surface area (Å²) in [6.07, 6.45) is -0.321. The van der Waals surface area contributed by atoms with Crippen LogP contribution in [0.25, 0.3) is 0 Å². The van der Waals surface area contributed by atoms with Crippen molar-refractivity contribution < 1.29 is 24.5 Å². The number of fused-ring (bicyclic) bond motifs is 1. The molecule has 1 aliphatic rings. The summed E-state index contributed by atoms with van der Waals surface area (Å²) in [5.74, 6) is -0.216. The Kier molecular flexibility index (Phi) is 4.62. The molecular weight excluding hydrogens is 260 g/mol. The molecule has 0 aliphatic carbocycles. The summed E-state index contributed by atoms with van der Waals surface area (Å²) < 4.78 is 10.7. The number of carboxylic acid groups (broad SMARTS) is 1. The van der Waals surface area contributed by atoms with E-state index >= 15 is 0 Å². The highest BCUT2D eigenvalue weighted by Gasteiger charge is 2.44. The SMILES string of the molecule is CCOCC(O)CC1(C(=O)O)COc2ccccc2C1. The number of carbonyl (C=O) groups is 1. The summed E-state index contributed by atoms with van der Waals surface area (Å²) >= 11 is 0. The van der Waals surface area contributed by atoms with Gasteiger partial charge >= 0.3 is 5.97 Å². The van der Waals surface area contributed by atoms with Gasteiger partial charge in [-0.05, 0) is 31.4 Å². The molecule has 2 N–H and O–H groups in total. The van der Waals surface area contributed by atoms with Crippen LogP contribution >= 0.6 is 0 Å². The lowest BCUT2D eigenvalue weighted by atomic mass is 9.76. The van der Waals surface area contributed by atoms with Crippen molar-refractivity contribution in [2.75, 3.05) is 19.8 Å². The molecule has 1 aromatic carbocycles. The van der Waals surface area contributed by atoms with E-state index in [0.29, 0.717) is 13.0 Å². The molecule has 1 aromatic rings. The highest BCUT2D eigenvalue weighted by Crippen LogP contribution is 2.38. The minimum atomic E-state index is -1.09. The van der Waals surface area contributed by atoms with Gasteiger partial charge in [0, 0.05) is 6.61 Å². The lowest BCUT2D eigenvalue weighted by Gasteiger charge is -2.35. The van der Waals surface area contributed by atoms with Crippen LogP contribution in [0.15, 0.2) is 24.3 Å². The first-order valence-electron chi connectivity index (χ1n) is 6.77. The number of aliphatic carboxylic acids is 1. The molecule has 0 aromatic heterocycles. The maximum atomic E-state index is 11.7. The molecule has 5 heteroatoms. The van der Waals surface area contributed by atoms with Gasteiger partial charge in [-0.15, -0.1) is 0 Å². The summed E-state index contributed by atoms with van der Waals surface area (Å²) in [4.78, 5) is 11.7. The van der Waals surface area contributed by atoms with Crippen molar-refractivity contribution >= 4 is 5.97 Å². The molecule has 0 amide bonds. The zero-order valence-corrected chi connectivity index (χ0v) is 11.5. The van der Waals surface area contributed by atoms with Crippen LogP contribution < -0.4 is 4.74 Å². The Labute approximate surface area is 118 Å². The Morgan fingerprint density at radius 3 is 2.95 bits per heavy atom. The fourth-order valence-corrected chi connectivity index (χ4v) is 2.54. The smallest absolute Gasteiger partial charge is 0.313 e. The first-order chi connectivity index (χ1) is 9.57. The summed E-state index contributed by atoms with van der Waals surface area (Å²) in [6.45, 7) is 2.55. The highest BCUT2D eigenvalue weighted by molar-refractivity contribution is 5.76. The van der Waals surface area contributed by atoms with Crippen LogP contribution in [0.5, 0.6) is 5.75 Å². The van der Waals surface area contributed by atoms with Gasteiger partial charge in [-0.25, -0.2) is 0 Å². The Morgan fingerprint density at radius 1 is 1.50 bits per heavy atom. The average molecular weight is 280 g/mol. The van der Waals surface area contributed by atoms with Crippen LogP contribution in [0.3, 0.4) is 0 Å². The van der Waals surface area contributed by atoms with Crippen LogP contribution in [0.2, 0.25) is 0 Å². The lowest BCUT2D eigenvalue weighted by Crippen LogP contribution is -2.45. The van der Waals surface area contributed by atoms with Gasteiger partial charge < -0.3 is 19.7 Å². The van der Waals surface area contributed by atoms with E-state index in [1.165, 1.54) is 0 Å². The standard InChI is InChI=1S/C15H20O5/c1-2-19-9-12(16)8-15(14(17)18)7-11-5-3-4-6-13(11)20-10-15/h3-6,12,16H,2,7-10H2,1H3,(H,17,18). The van der Waals surface area contributed by atoms with Gasteiger partial charge in [0.1, 0.15) is 17.8 Å². The molecule has 0 spiro atoms. The monoisotopic (exact) mass is 280 g/mol. The number of carboxylic acids is 1. The predicted molar refractivity (Wildman–Crippen MR) is 72.8 cm³/mol. The largest absolute Gasteiger partial charge is 0.492 e.